The predicted octanol–water partition coefficient (Wildman–Crippen LogP) is 4.90. The zero-order valence-corrected chi connectivity index (χ0v) is 12.5. The van der Waals surface area contributed by atoms with Crippen LogP contribution < -0.4 is 0 Å². The second kappa shape index (κ2) is 6.27. The van der Waals surface area contributed by atoms with E-state index in [0.717, 1.165) is 12.0 Å². The number of aliphatic hydroxyl groups excluding tert-OH is 1. The van der Waals surface area contributed by atoms with E-state index in [9.17, 15) is 5.11 Å². The molecule has 0 saturated carbocycles. The Labute approximate surface area is 119 Å². The minimum atomic E-state index is -0.347. The minimum Gasteiger partial charge on any atom is -0.388 e. The average Bonchev–Trinajstić information content (AvgIpc) is 2.43. The molecular formula is C17H20OS. The van der Waals surface area contributed by atoms with E-state index in [1.807, 2.05) is 19.1 Å². The van der Waals surface area contributed by atoms with E-state index >= 15 is 0 Å². The molecule has 0 spiro atoms. The van der Waals surface area contributed by atoms with Gasteiger partial charge in [-0.25, -0.2) is 0 Å². The van der Waals surface area contributed by atoms with Crippen molar-refractivity contribution in [2.24, 2.45) is 0 Å². The molecule has 0 unspecified atom stereocenters. The van der Waals surface area contributed by atoms with Gasteiger partial charge in [-0.1, -0.05) is 43.0 Å². The standard InChI is InChI=1S/C17H20OS/c1-4-16(18)14-7-9-15(10-8-14)19-17-11-12(2)5-6-13(17)3/h5-11,16,18H,4H2,1-3H3/t16-/m0/s1. The van der Waals surface area contributed by atoms with Crippen LogP contribution in [0.4, 0.5) is 0 Å². The molecule has 0 aliphatic carbocycles. The Morgan fingerprint density at radius 3 is 2.37 bits per heavy atom. The molecular weight excluding hydrogens is 252 g/mol. The second-order valence-corrected chi connectivity index (χ2v) is 5.98. The molecule has 2 aromatic carbocycles. The van der Waals surface area contributed by atoms with Gasteiger partial charge >= 0.3 is 0 Å². The van der Waals surface area contributed by atoms with Crippen molar-refractivity contribution < 1.29 is 5.11 Å². The summed E-state index contributed by atoms with van der Waals surface area (Å²) in [6.07, 6.45) is 0.406. The molecule has 100 valence electrons. The molecule has 1 nitrogen and oxygen atoms in total. The van der Waals surface area contributed by atoms with E-state index in [0.29, 0.717) is 0 Å². The summed E-state index contributed by atoms with van der Waals surface area (Å²) in [6.45, 7) is 6.24. The van der Waals surface area contributed by atoms with Gasteiger partial charge in [-0.05, 0) is 55.2 Å². The first-order chi connectivity index (χ1) is 9.10. The molecule has 0 aromatic heterocycles. The highest BCUT2D eigenvalue weighted by Crippen LogP contribution is 2.31. The van der Waals surface area contributed by atoms with Crippen molar-refractivity contribution in [3.05, 3.63) is 59.2 Å². The van der Waals surface area contributed by atoms with Crippen LogP contribution >= 0.6 is 11.8 Å². The fourth-order valence-electron chi connectivity index (χ4n) is 1.94. The van der Waals surface area contributed by atoms with Crippen molar-refractivity contribution in [2.45, 2.75) is 43.1 Å². The quantitative estimate of drug-likeness (QED) is 0.854. The van der Waals surface area contributed by atoms with Crippen molar-refractivity contribution in [1.82, 2.24) is 0 Å². The molecule has 0 radical (unpaired) electrons. The summed E-state index contributed by atoms with van der Waals surface area (Å²) in [5.74, 6) is 0. The van der Waals surface area contributed by atoms with Gasteiger partial charge in [0.1, 0.15) is 0 Å². The molecule has 0 aliphatic heterocycles. The zero-order valence-electron chi connectivity index (χ0n) is 11.7. The zero-order chi connectivity index (χ0) is 13.8. The Kier molecular flexibility index (Phi) is 4.67. The van der Waals surface area contributed by atoms with Crippen LogP contribution in [0.15, 0.2) is 52.3 Å². The highest BCUT2D eigenvalue weighted by Gasteiger charge is 2.06. The van der Waals surface area contributed by atoms with Crippen molar-refractivity contribution >= 4 is 11.8 Å². The number of hydrogen-bond acceptors (Lipinski definition) is 2. The van der Waals surface area contributed by atoms with E-state index < -0.39 is 0 Å². The fourth-order valence-corrected chi connectivity index (χ4v) is 2.94. The Morgan fingerprint density at radius 2 is 1.74 bits per heavy atom. The monoisotopic (exact) mass is 272 g/mol. The van der Waals surface area contributed by atoms with Gasteiger partial charge in [0, 0.05) is 9.79 Å². The van der Waals surface area contributed by atoms with E-state index in [4.69, 9.17) is 0 Å². The van der Waals surface area contributed by atoms with Crippen LogP contribution in [0.3, 0.4) is 0 Å². The molecule has 19 heavy (non-hydrogen) atoms. The van der Waals surface area contributed by atoms with Crippen LogP contribution in [0.25, 0.3) is 0 Å². The number of hydrogen-bond donors (Lipinski definition) is 1. The van der Waals surface area contributed by atoms with Gasteiger partial charge < -0.3 is 5.11 Å². The Balaban J connectivity index is 2.17. The average molecular weight is 272 g/mol. The summed E-state index contributed by atoms with van der Waals surface area (Å²) in [6, 6.07) is 14.7. The molecule has 0 fully saturated rings. The number of aliphatic hydroxyl groups is 1. The van der Waals surface area contributed by atoms with Crippen molar-refractivity contribution in [3.8, 4) is 0 Å². The number of rotatable bonds is 4. The van der Waals surface area contributed by atoms with Gasteiger partial charge in [-0.15, -0.1) is 0 Å². The lowest BCUT2D eigenvalue weighted by molar-refractivity contribution is 0.173. The maximum atomic E-state index is 9.78. The third-order valence-corrected chi connectivity index (χ3v) is 4.39. The maximum Gasteiger partial charge on any atom is 0.0787 e. The third kappa shape index (κ3) is 3.62. The summed E-state index contributed by atoms with van der Waals surface area (Å²) in [7, 11) is 0. The van der Waals surface area contributed by atoms with Crippen LogP contribution in [0, 0.1) is 13.8 Å². The van der Waals surface area contributed by atoms with Gasteiger partial charge in [-0.2, -0.15) is 0 Å². The lowest BCUT2D eigenvalue weighted by atomic mass is 10.1. The number of aryl methyl sites for hydroxylation is 2. The lowest BCUT2D eigenvalue weighted by Crippen LogP contribution is -1.94. The summed E-state index contributed by atoms with van der Waals surface area (Å²) < 4.78 is 0. The molecule has 0 aliphatic rings. The molecule has 2 rings (SSSR count). The Bertz CT molecular complexity index is 546. The van der Waals surface area contributed by atoms with Crippen LogP contribution in [-0.2, 0) is 0 Å². The van der Waals surface area contributed by atoms with Gasteiger partial charge in [-0.3, -0.25) is 0 Å². The Hall–Kier alpha value is -1.25. The van der Waals surface area contributed by atoms with Gasteiger partial charge in [0.05, 0.1) is 6.10 Å². The van der Waals surface area contributed by atoms with Gasteiger partial charge in [0.15, 0.2) is 0 Å². The van der Waals surface area contributed by atoms with E-state index in [1.54, 1.807) is 11.8 Å². The van der Waals surface area contributed by atoms with Gasteiger partial charge in [0.25, 0.3) is 0 Å². The summed E-state index contributed by atoms with van der Waals surface area (Å²) in [5.41, 5.74) is 3.58. The van der Waals surface area contributed by atoms with Crippen molar-refractivity contribution in [3.63, 3.8) is 0 Å². The SMILES string of the molecule is CC[C@H](O)c1ccc(Sc2cc(C)ccc2C)cc1. The van der Waals surface area contributed by atoms with Crippen molar-refractivity contribution in [2.75, 3.05) is 0 Å². The number of benzene rings is 2. The van der Waals surface area contributed by atoms with Crippen LogP contribution in [0.5, 0.6) is 0 Å². The molecule has 2 aromatic rings. The summed E-state index contributed by atoms with van der Waals surface area (Å²) >= 11 is 1.77. The summed E-state index contributed by atoms with van der Waals surface area (Å²) in [5, 5.41) is 9.78. The molecule has 0 amide bonds. The van der Waals surface area contributed by atoms with Crippen LogP contribution in [-0.4, -0.2) is 5.11 Å². The van der Waals surface area contributed by atoms with Gasteiger partial charge in [0.2, 0.25) is 0 Å². The molecule has 1 atom stereocenters. The molecule has 0 bridgehead atoms. The molecule has 0 heterocycles. The lowest BCUT2D eigenvalue weighted by Gasteiger charge is -2.10. The highest BCUT2D eigenvalue weighted by atomic mass is 32.2. The largest absolute Gasteiger partial charge is 0.388 e. The fraction of sp³-hybridized carbons (Fsp3) is 0.294. The first-order valence-corrected chi connectivity index (χ1v) is 7.45. The second-order valence-electron chi connectivity index (χ2n) is 4.86. The molecule has 1 N–H and O–H groups in total. The maximum absolute atomic E-state index is 9.78. The predicted molar refractivity (Wildman–Crippen MR) is 81.7 cm³/mol. The van der Waals surface area contributed by atoms with Crippen molar-refractivity contribution in [1.29, 1.82) is 0 Å². The normalized spacial score (nSPS) is 12.4. The first-order valence-electron chi connectivity index (χ1n) is 6.63. The molecule has 2 heteroatoms. The third-order valence-electron chi connectivity index (χ3n) is 3.22. The Morgan fingerprint density at radius 1 is 1.05 bits per heavy atom. The summed E-state index contributed by atoms with van der Waals surface area (Å²) in [4.78, 5) is 2.50. The van der Waals surface area contributed by atoms with Crippen LogP contribution in [0.1, 0.15) is 36.1 Å². The minimum absolute atomic E-state index is 0.347. The first kappa shape index (κ1) is 14.2. The molecule has 0 saturated heterocycles. The topological polar surface area (TPSA) is 20.2 Å². The highest BCUT2D eigenvalue weighted by molar-refractivity contribution is 7.99. The van der Waals surface area contributed by atoms with Crippen LogP contribution in [0.2, 0.25) is 0 Å². The van der Waals surface area contributed by atoms with E-state index in [-0.39, 0.29) is 6.10 Å². The van der Waals surface area contributed by atoms with E-state index in [2.05, 4.69) is 44.2 Å². The van der Waals surface area contributed by atoms with E-state index in [1.165, 1.54) is 20.9 Å². The smallest absolute Gasteiger partial charge is 0.0787 e.